The molecule has 1 heterocycles. The summed E-state index contributed by atoms with van der Waals surface area (Å²) in [6, 6.07) is 8.37. The Morgan fingerprint density at radius 2 is 2.12 bits per heavy atom. The summed E-state index contributed by atoms with van der Waals surface area (Å²) in [4.78, 5) is 2.10. The summed E-state index contributed by atoms with van der Waals surface area (Å²) in [7, 11) is 0. The van der Waals surface area contributed by atoms with Gasteiger partial charge in [-0.3, -0.25) is 5.41 Å². The van der Waals surface area contributed by atoms with Crippen molar-refractivity contribution in [1.29, 1.82) is 5.41 Å². The van der Waals surface area contributed by atoms with Gasteiger partial charge in [0.25, 0.3) is 0 Å². The normalized spacial score (nSPS) is 16.2. The first kappa shape index (κ1) is 11.1. The van der Waals surface area contributed by atoms with Gasteiger partial charge in [-0.15, -0.1) is 0 Å². The molecule has 86 valence electrons. The number of ether oxygens (including phenoxy) is 1. The maximum Gasteiger partial charge on any atom is 0.100 e. The molecule has 1 aliphatic heterocycles. The maximum absolute atomic E-state index is 8.06. The van der Waals surface area contributed by atoms with Crippen molar-refractivity contribution in [3.8, 4) is 0 Å². The van der Waals surface area contributed by atoms with Crippen molar-refractivity contribution in [3.05, 3.63) is 35.4 Å². The smallest absolute Gasteiger partial charge is 0.100 e. The number of benzene rings is 1. The van der Waals surface area contributed by atoms with Crippen molar-refractivity contribution in [2.75, 3.05) is 26.3 Å². The van der Waals surface area contributed by atoms with Gasteiger partial charge >= 0.3 is 0 Å². The molecule has 0 aromatic heterocycles. The zero-order valence-electron chi connectivity index (χ0n) is 9.70. The zero-order valence-corrected chi connectivity index (χ0v) is 9.70. The highest BCUT2D eigenvalue weighted by molar-refractivity contribution is 5.81. The van der Waals surface area contributed by atoms with E-state index in [1.54, 1.807) is 0 Å². The predicted octanol–water partition coefficient (Wildman–Crippen LogP) is 1.85. The summed E-state index contributed by atoms with van der Waals surface area (Å²) in [6.45, 7) is 5.28. The van der Waals surface area contributed by atoms with Gasteiger partial charge in [-0.1, -0.05) is 29.8 Å². The Balaban J connectivity index is 1.96. The lowest BCUT2D eigenvalue weighted by atomic mass is 10.1. The first-order valence-electron chi connectivity index (χ1n) is 5.71. The minimum atomic E-state index is 0.703. The Morgan fingerprint density at radius 1 is 1.38 bits per heavy atom. The highest BCUT2D eigenvalue weighted by Crippen LogP contribution is 2.08. The average Bonchev–Trinajstić information content (AvgIpc) is 2.30. The van der Waals surface area contributed by atoms with Gasteiger partial charge in [0.1, 0.15) is 5.84 Å². The number of rotatable bonds is 2. The lowest BCUT2D eigenvalue weighted by Gasteiger charge is -2.29. The number of aryl methyl sites for hydroxylation is 1. The number of amidine groups is 1. The molecule has 0 bridgehead atoms. The van der Waals surface area contributed by atoms with Crippen LogP contribution in [0.4, 0.5) is 0 Å². The van der Waals surface area contributed by atoms with Gasteiger partial charge < -0.3 is 9.64 Å². The molecule has 0 amide bonds. The number of hydrogen-bond donors (Lipinski definition) is 1. The monoisotopic (exact) mass is 218 g/mol. The van der Waals surface area contributed by atoms with Crippen molar-refractivity contribution in [2.24, 2.45) is 0 Å². The van der Waals surface area contributed by atoms with Crippen LogP contribution in [-0.2, 0) is 11.2 Å². The molecule has 0 radical (unpaired) electrons. The molecule has 2 rings (SSSR count). The van der Waals surface area contributed by atoms with Crippen LogP contribution in [0.5, 0.6) is 0 Å². The molecule has 3 heteroatoms. The summed E-state index contributed by atoms with van der Waals surface area (Å²) in [5.74, 6) is 0.703. The number of nitrogens with zero attached hydrogens (tertiary/aromatic N) is 1. The Morgan fingerprint density at radius 3 is 2.81 bits per heavy atom. The van der Waals surface area contributed by atoms with Gasteiger partial charge in [0.05, 0.1) is 13.2 Å². The SMILES string of the molecule is Cc1cccc(CC(=N)N2CCOCC2)c1. The molecule has 0 atom stereocenters. The Labute approximate surface area is 96.5 Å². The van der Waals surface area contributed by atoms with Gasteiger partial charge in [0.2, 0.25) is 0 Å². The van der Waals surface area contributed by atoms with Gasteiger partial charge in [-0.25, -0.2) is 0 Å². The molecule has 0 aliphatic carbocycles. The van der Waals surface area contributed by atoms with E-state index >= 15 is 0 Å². The van der Waals surface area contributed by atoms with Crippen molar-refractivity contribution >= 4 is 5.84 Å². The molecule has 0 unspecified atom stereocenters. The Hall–Kier alpha value is -1.35. The van der Waals surface area contributed by atoms with Crippen molar-refractivity contribution in [3.63, 3.8) is 0 Å². The van der Waals surface area contributed by atoms with E-state index in [-0.39, 0.29) is 0 Å². The number of morpholine rings is 1. The lowest BCUT2D eigenvalue weighted by Crippen LogP contribution is -2.41. The van der Waals surface area contributed by atoms with E-state index < -0.39 is 0 Å². The number of nitrogens with one attached hydrogen (secondary N) is 1. The topological polar surface area (TPSA) is 36.3 Å². The Bertz CT molecular complexity index is 370. The number of hydrogen-bond acceptors (Lipinski definition) is 2. The van der Waals surface area contributed by atoms with E-state index in [0.717, 1.165) is 32.7 Å². The van der Waals surface area contributed by atoms with E-state index in [9.17, 15) is 0 Å². The molecule has 16 heavy (non-hydrogen) atoms. The zero-order chi connectivity index (χ0) is 11.4. The van der Waals surface area contributed by atoms with Crippen molar-refractivity contribution in [1.82, 2.24) is 4.90 Å². The van der Waals surface area contributed by atoms with Gasteiger partial charge in [-0.2, -0.15) is 0 Å². The van der Waals surface area contributed by atoms with Crippen molar-refractivity contribution in [2.45, 2.75) is 13.3 Å². The van der Waals surface area contributed by atoms with E-state index in [1.165, 1.54) is 11.1 Å². The summed E-state index contributed by atoms with van der Waals surface area (Å²) < 4.78 is 5.28. The minimum Gasteiger partial charge on any atom is -0.378 e. The van der Waals surface area contributed by atoms with Crippen LogP contribution in [0, 0.1) is 12.3 Å². The second-order valence-corrected chi connectivity index (χ2v) is 4.21. The highest BCUT2D eigenvalue weighted by atomic mass is 16.5. The van der Waals surface area contributed by atoms with Gasteiger partial charge in [0, 0.05) is 19.5 Å². The largest absolute Gasteiger partial charge is 0.378 e. The molecule has 1 saturated heterocycles. The summed E-state index contributed by atoms with van der Waals surface area (Å²) >= 11 is 0. The molecule has 1 N–H and O–H groups in total. The fourth-order valence-electron chi connectivity index (χ4n) is 1.96. The maximum atomic E-state index is 8.06. The van der Waals surface area contributed by atoms with E-state index in [1.807, 2.05) is 0 Å². The van der Waals surface area contributed by atoms with E-state index in [0.29, 0.717) is 5.84 Å². The van der Waals surface area contributed by atoms with Gasteiger partial charge in [0.15, 0.2) is 0 Å². The van der Waals surface area contributed by atoms with Crippen LogP contribution < -0.4 is 0 Å². The molecule has 3 nitrogen and oxygen atoms in total. The molecule has 1 fully saturated rings. The summed E-state index contributed by atoms with van der Waals surface area (Å²) in [5.41, 5.74) is 2.48. The standard InChI is InChI=1S/C13H18N2O/c1-11-3-2-4-12(9-11)10-13(14)15-5-7-16-8-6-15/h2-4,9,14H,5-8,10H2,1H3. The van der Waals surface area contributed by atoms with Crippen LogP contribution in [-0.4, -0.2) is 37.0 Å². The highest BCUT2D eigenvalue weighted by Gasteiger charge is 2.13. The predicted molar refractivity (Wildman–Crippen MR) is 65.0 cm³/mol. The molecule has 0 saturated carbocycles. The van der Waals surface area contributed by atoms with Crippen LogP contribution in [0.25, 0.3) is 0 Å². The fourth-order valence-corrected chi connectivity index (χ4v) is 1.96. The van der Waals surface area contributed by atoms with Crippen LogP contribution in [0.3, 0.4) is 0 Å². The van der Waals surface area contributed by atoms with E-state index in [4.69, 9.17) is 10.1 Å². The average molecular weight is 218 g/mol. The third-order valence-electron chi connectivity index (χ3n) is 2.85. The molecule has 1 aromatic rings. The molecule has 0 spiro atoms. The summed E-state index contributed by atoms with van der Waals surface area (Å²) in [5, 5.41) is 8.06. The third kappa shape index (κ3) is 2.83. The van der Waals surface area contributed by atoms with Crippen LogP contribution in [0.15, 0.2) is 24.3 Å². The lowest BCUT2D eigenvalue weighted by molar-refractivity contribution is 0.0670. The second-order valence-electron chi connectivity index (χ2n) is 4.21. The van der Waals surface area contributed by atoms with Crippen LogP contribution in [0.2, 0.25) is 0 Å². The second kappa shape index (κ2) is 5.12. The minimum absolute atomic E-state index is 0.703. The van der Waals surface area contributed by atoms with Crippen molar-refractivity contribution < 1.29 is 4.74 Å². The van der Waals surface area contributed by atoms with E-state index in [2.05, 4.69) is 36.1 Å². The third-order valence-corrected chi connectivity index (χ3v) is 2.85. The quantitative estimate of drug-likeness (QED) is 0.607. The summed E-state index contributed by atoms with van der Waals surface area (Å²) in [6.07, 6.45) is 0.724. The molecule has 1 aliphatic rings. The van der Waals surface area contributed by atoms with Crippen LogP contribution in [0.1, 0.15) is 11.1 Å². The molecular formula is C13H18N2O. The molecule has 1 aromatic carbocycles. The first-order valence-corrected chi connectivity index (χ1v) is 5.71. The fraction of sp³-hybridized carbons (Fsp3) is 0.462. The van der Waals surface area contributed by atoms with Gasteiger partial charge in [-0.05, 0) is 12.5 Å². The van der Waals surface area contributed by atoms with Crippen LogP contribution >= 0.6 is 0 Å². The molecular weight excluding hydrogens is 200 g/mol. The first-order chi connectivity index (χ1) is 7.75. The Kier molecular flexibility index (Phi) is 3.57.